The van der Waals surface area contributed by atoms with E-state index in [0.717, 1.165) is 26.1 Å². The highest BCUT2D eigenvalue weighted by molar-refractivity contribution is 5.74. The molecule has 0 unspecified atom stereocenters. The number of benzene rings is 1. The van der Waals surface area contributed by atoms with Gasteiger partial charge in [-0.25, -0.2) is 4.79 Å². The molecule has 1 aliphatic carbocycles. The van der Waals surface area contributed by atoms with Gasteiger partial charge < -0.3 is 15.7 Å². The van der Waals surface area contributed by atoms with Crippen LogP contribution < -0.4 is 10.6 Å². The van der Waals surface area contributed by atoms with Gasteiger partial charge in [0.15, 0.2) is 0 Å². The SMILES string of the molecule is O=C(NCCCO)N[C@@H]1CC[C@H]2CN(Cc3ccccc3)C[C@@H]21. The van der Waals surface area contributed by atoms with Crippen molar-refractivity contribution in [3.63, 3.8) is 0 Å². The van der Waals surface area contributed by atoms with Crippen molar-refractivity contribution in [1.82, 2.24) is 15.5 Å². The molecule has 2 aliphatic rings. The molecule has 5 nitrogen and oxygen atoms in total. The minimum atomic E-state index is -0.0920. The minimum Gasteiger partial charge on any atom is -0.396 e. The van der Waals surface area contributed by atoms with Crippen LogP contribution in [-0.4, -0.2) is 48.3 Å². The fourth-order valence-corrected chi connectivity index (χ4v) is 4.01. The van der Waals surface area contributed by atoms with Crippen molar-refractivity contribution in [1.29, 1.82) is 0 Å². The molecule has 126 valence electrons. The van der Waals surface area contributed by atoms with Crippen LogP contribution in [0.5, 0.6) is 0 Å². The molecule has 3 atom stereocenters. The molecule has 2 fully saturated rings. The second-order valence-corrected chi connectivity index (χ2v) is 6.76. The van der Waals surface area contributed by atoms with Gasteiger partial charge in [-0.1, -0.05) is 30.3 Å². The van der Waals surface area contributed by atoms with Crippen LogP contribution in [0.15, 0.2) is 30.3 Å². The number of nitrogens with zero attached hydrogens (tertiary/aromatic N) is 1. The predicted octanol–water partition coefficient (Wildman–Crippen LogP) is 1.58. The third-order valence-electron chi connectivity index (χ3n) is 5.12. The van der Waals surface area contributed by atoms with Crippen LogP contribution in [0.3, 0.4) is 0 Å². The van der Waals surface area contributed by atoms with E-state index in [1.54, 1.807) is 0 Å². The standard InChI is InChI=1S/C18H27N3O2/c22-10-4-9-19-18(23)20-17-8-7-15-12-21(13-16(15)17)11-14-5-2-1-3-6-14/h1-3,5-6,15-17,22H,4,7-13H2,(H2,19,20,23)/t15-,16-,17+/m0/s1. The first kappa shape index (κ1) is 16.3. The molecule has 3 N–H and O–H groups in total. The number of aliphatic hydroxyl groups is 1. The fourth-order valence-electron chi connectivity index (χ4n) is 4.01. The summed E-state index contributed by atoms with van der Waals surface area (Å²) >= 11 is 0. The van der Waals surface area contributed by atoms with Crippen molar-refractivity contribution in [3.8, 4) is 0 Å². The summed E-state index contributed by atoms with van der Waals surface area (Å²) < 4.78 is 0. The molecule has 23 heavy (non-hydrogen) atoms. The van der Waals surface area contributed by atoms with Crippen molar-refractivity contribution in [2.45, 2.75) is 31.8 Å². The van der Waals surface area contributed by atoms with Crippen LogP contribution in [-0.2, 0) is 6.54 Å². The Kier molecular flexibility index (Phi) is 5.51. The average molecular weight is 317 g/mol. The van der Waals surface area contributed by atoms with Crippen LogP contribution in [0.4, 0.5) is 4.79 Å². The molecule has 0 aromatic heterocycles. The Hall–Kier alpha value is -1.59. The van der Waals surface area contributed by atoms with Crippen LogP contribution in [0.25, 0.3) is 0 Å². The second kappa shape index (κ2) is 7.79. The highest BCUT2D eigenvalue weighted by Gasteiger charge is 2.42. The van der Waals surface area contributed by atoms with Gasteiger partial charge in [0.05, 0.1) is 0 Å². The number of hydrogen-bond donors (Lipinski definition) is 3. The molecule has 1 aromatic carbocycles. The summed E-state index contributed by atoms with van der Waals surface area (Å²) in [5.41, 5.74) is 1.36. The summed E-state index contributed by atoms with van der Waals surface area (Å²) in [5, 5.41) is 14.7. The van der Waals surface area contributed by atoms with E-state index in [1.165, 1.54) is 12.0 Å². The first-order chi connectivity index (χ1) is 11.3. The molecule has 5 heteroatoms. The number of hydrogen-bond acceptors (Lipinski definition) is 3. The third kappa shape index (κ3) is 4.24. The molecule has 0 bridgehead atoms. The Bertz CT molecular complexity index is 508. The summed E-state index contributed by atoms with van der Waals surface area (Å²) in [4.78, 5) is 14.4. The number of fused-ring (bicyclic) bond motifs is 1. The maximum Gasteiger partial charge on any atom is 0.315 e. The van der Waals surface area contributed by atoms with Crippen molar-refractivity contribution in [2.75, 3.05) is 26.2 Å². The third-order valence-corrected chi connectivity index (χ3v) is 5.12. The number of aliphatic hydroxyl groups excluding tert-OH is 1. The summed E-state index contributed by atoms with van der Waals surface area (Å²) in [5.74, 6) is 1.28. The maximum atomic E-state index is 11.9. The van der Waals surface area contributed by atoms with E-state index in [2.05, 4.69) is 45.9 Å². The Morgan fingerprint density at radius 2 is 2.04 bits per heavy atom. The van der Waals surface area contributed by atoms with Gasteiger partial charge in [-0.15, -0.1) is 0 Å². The Labute approximate surface area is 138 Å². The monoisotopic (exact) mass is 317 g/mol. The highest BCUT2D eigenvalue weighted by Crippen LogP contribution is 2.38. The molecule has 1 saturated heterocycles. The van der Waals surface area contributed by atoms with Gasteiger partial charge in [-0.2, -0.15) is 0 Å². The minimum absolute atomic E-state index is 0.0920. The summed E-state index contributed by atoms with van der Waals surface area (Å²) in [6.07, 6.45) is 2.90. The molecular weight excluding hydrogens is 290 g/mol. The zero-order chi connectivity index (χ0) is 16.1. The van der Waals surface area contributed by atoms with E-state index in [1.807, 2.05) is 0 Å². The van der Waals surface area contributed by atoms with Gasteiger partial charge in [0, 0.05) is 38.8 Å². The summed E-state index contributed by atoms with van der Waals surface area (Å²) in [7, 11) is 0. The lowest BCUT2D eigenvalue weighted by atomic mass is 9.98. The molecule has 0 radical (unpaired) electrons. The summed E-state index contributed by atoms with van der Waals surface area (Å²) in [6.45, 7) is 3.86. The first-order valence-corrected chi connectivity index (χ1v) is 8.68. The van der Waals surface area contributed by atoms with Crippen LogP contribution in [0, 0.1) is 11.8 Å². The number of nitrogens with one attached hydrogen (secondary N) is 2. The molecule has 1 aromatic rings. The summed E-state index contributed by atoms with van der Waals surface area (Å²) in [6, 6.07) is 10.8. The van der Waals surface area contributed by atoms with E-state index in [9.17, 15) is 4.79 Å². The number of rotatable bonds is 6. The lowest BCUT2D eigenvalue weighted by Gasteiger charge is -2.22. The number of carbonyl (C=O) groups is 1. The van der Waals surface area contributed by atoms with Gasteiger partial charge in [-0.3, -0.25) is 4.90 Å². The lowest BCUT2D eigenvalue weighted by Crippen LogP contribution is -2.45. The van der Waals surface area contributed by atoms with Crippen molar-refractivity contribution >= 4 is 6.03 Å². The molecule has 0 spiro atoms. The second-order valence-electron chi connectivity index (χ2n) is 6.76. The van der Waals surface area contributed by atoms with Gasteiger partial charge in [-0.05, 0) is 36.7 Å². The average Bonchev–Trinajstić information content (AvgIpc) is 3.10. The Balaban J connectivity index is 1.48. The smallest absolute Gasteiger partial charge is 0.315 e. The van der Waals surface area contributed by atoms with Crippen LogP contribution in [0.1, 0.15) is 24.8 Å². The van der Waals surface area contributed by atoms with Crippen LogP contribution >= 0.6 is 0 Å². The molecule has 3 rings (SSSR count). The number of urea groups is 1. The zero-order valence-electron chi connectivity index (χ0n) is 13.6. The topological polar surface area (TPSA) is 64.6 Å². The quantitative estimate of drug-likeness (QED) is 0.698. The van der Waals surface area contributed by atoms with Gasteiger partial charge >= 0.3 is 6.03 Å². The molecule has 1 saturated carbocycles. The van der Waals surface area contributed by atoms with Crippen molar-refractivity contribution in [2.24, 2.45) is 11.8 Å². The van der Waals surface area contributed by atoms with Crippen molar-refractivity contribution < 1.29 is 9.90 Å². The first-order valence-electron chi connectivity index (χ1n) is 8.68. The number of carbonyl (C=O) groups excluding carboxylic acids is 1. The molecule has 1 heterocycles. The number of amides is 2. The van der Waals surface area contributed by atoms with E-state index in [0.29, 0.717) is 24.8 Å². The maximum absolute atomic E-state index is 11.9. The molecular formula is C18H27N3O2. The fraction of sp³-hybridized carbons (Fsp3) is 0.611. The van der Waals surface area contributed by atoms with E-state index >= 15 is 0 Å². The highest BCUT2D eigenvalue weighted by atomic mass is 16.3. The Morgan fingerprint density at radius 1 is 1.22 bits per heavy atom. The molecule has 2 amide bonds. The van der Waals surface area contributed by atoms with Gasteiger partial charge in [0.1, 0.15) is 0 Å². The van der Waals surface area contributed by atoms with E-state index in [4.69, 9.17) is 5.11 Å². The Morgan fingerprint density at radius 3 is 2.83 bits per heavy atom. The largest absolute Gasteiger partial charge is 0.396 e. The van der Waals surface area contributed by atoms with Crippen molar-refractivity contribution in [3.05, 3.63) is 35.9 Å². The lowest BCUT2D eigenvalue weighted by molar-refractivity contribution is 0.228. The van der Waals surface area contributed by atoms with E-state index in [-0.39, 0.29) is 18.7 Å². The van der Waals surface area contributed by atoms with Gasteiger partial charge in [0.25, 0.3) is 0 Å². The van der Waals surface area contributed by atoms with Crippen LogP contribution in [0.2, 0.25) is 0 Å². The molecule has 1 aliphatic heterocycles. The predicted molar refractivity (Wildman–Crippen MR) is 90.0 cm³/mol. The van der Waals surface area contributed by atoms with E-state index < -0.39 is 0 Å². The zero-order valence-corrected chi connectivity index (χ0v) is 13.6. The number of likely N-dealkylation sites (tertiary alicyclic amines) is 1. The normalized spacial score (nSPS) is 26.9. The van der Waals surface area contributed by atoms with Gasteiger partial charge in [0.2, 0.25) is 0 Å².